The van der Waals surface area contributed by atoms with Crippen LogP contribution in [0.25, 0.3) is 0 Å². The topological polar surface area (TPSA) is 24.5 Å². The average Bonchev–Trinajstić information content (AvgIpc) is 2.98. The standard InChI is InChI=1S/C17H34N2O/c1-3-10-18-17(16-9-11-20-14-16)13-19(2)12-15-7-5-4-6-8-15/h15-18H,3-14H2,1-2H3. The molecule has 0 bridgehead atoms. The molecule has 1 aliphatic carbocycles. The molecular formula is C17H34N2O. The Kier molecular flexibility index (Phi) is 7.32. The largest absolute Gasteiger partial charge is 0.381 e. The van der Waals surface area contributed by atoms with Gasteiger partial charge in [-0.05, 0) is 45.2 Å². The molecule has 118 valence electrons. The summed E-state index contributed by atoms with van der Waals surface area (Å²) in [6.45, 7) is 7.78. The van der Waals surface area contributed by atoms with Crippen LogP contribution < -0.4 is 5.32 Å². The van der Waals surface area contributed by atoms with Crippen LogP contribution in [0, 0.1) is 11.8 Å². The van der Waals surface area contributed by atoms with Gasteiger partial charge in [-0.2, -0.15) is 0 Å². The second-order valence-electron chi connectivity index (χ2n) is 6.91. The van der Waals surface area contributed by atoms with Crippen molar-refractivity contribution in [2.75, 3.05) is 39.9 Å². The van der Waals surface area contributed by atoms with E-state index in [0.29, 0.717) is 6.04 Å². The summed E-state index contributed by atoms with van der Waals surface area (Å²) in [5.41, 5.74) is 0. The number of rotatable bonds is 8. The van der Waals surface area contributed by atoms with E-state index in [2.05, 4.69) is 24.2 Å². The summed E-state index contributed by atoms with van der Waals surface area (Å²) < 4.78 is 5.59. The first kappa shape index (κ1) is 16.3. The second-order valence-corrected chi connectivity index (χ2v) is 6.91. The third kappa shape index (κ3) is 5.34. The van der Waals surface area contributed by atoms with Gasteiger partial charge in [0.2, 0.25) is 0 Å². The predicted molar refractivity (Wildman–Crippen MR) is 85.1 cm³/mol. The van der Waals surface area contributed by atoms with Gasteiger partial charge in [0.15, 0.2) is 0 Å². The minimum absolute atomic E-state index is 0.617. The third-order valence-corrected chi connectivity index (χ3v) is 4.99. The highest BCUT2D eigenvalue weighted by atomic mass is 16.5. The van der Waals surface area contributed by atoms with Crippen molar-refractivity contribution >= 4 is 0 Å². The molecule has 0 aromatic carbocycles. The lowest BCUT2D eigenvalue weighted by Gasteiger charge is -2.32. The predicted octanol–water partition coefficient (Wildman–Crippen LogP) is 2.90. The van der Waals surface area contributed by atoms with Crippen LogP contribution in [-0.2, 0) is 4.74 Å². The monoisotopic (exact) mass is 282 g/mol. The zero-order valence-corrected chi connectivity index (χ0v) is 13.6. The summed E-state index contributed by atoms with van der Waals surface area (Å²) in [4.78, 5) is 2.57. The third-order valence-electron chi connectivity index (χ3n) is 4.99. The zero-order valence-electron chi connectivity index (χ0n) is 13.6. The molecule has 2 aliphatic rings. The quantitative estimate of drug-likeness (QED) is 0.741. The van der Waals surface area contributed by atoms with Crippen molar-refractivity contribution < 1.29 is 4.74 Å². The number of nitrogens with one attached hydrogen (secondary N) is 1. The van der Waals surface area contributed by atoms with Crippen molar-refractivity contribution in [1.29, 1.82) is 0 Å². The SMILES string of the molecule is CCCNC(CN(C)CC1CCCCC1)C1CCOC1. The molecule has 20 heavy (non-hydrogen) atoms. The summed E-state index contributed by atoms with van der Waals surface area (Å²) in [5, 5.41) is 3.76. The Labute approximate surface area is 125 Å². The second kappa shape index (κ2) is 9.01. The van der Waals surface area contributed by atoms with Crippen LogP contribution in [0.15, 0.2) is 0 Å². The molecule has 1 heterocycles. The molecule has 0 aromatic rings. The van der Waals surface area contributed by atoms with Gasteiger partial charge in [0.1, 0.15) is 0 Å². The van der Waals surface area contributed by atoms with Crippen molar-refractivity contribution in [3.8, 4) is 0 Å². The summed E-state index contributed by atoms with van der Waals surface area (Å²) in [6, 6.07) is 0.617. The van der Waals surface area contributed by atoms with Gasteiger partial charge in [-0.25, -0.2) is 0 Å². The molecular weight excluding hydrogens is 248 g/mol. The van der Waals surface area contributed by atoms with Crippen molar-refractivity contribution in [2.24, 2.45) is 11.8 Å². The molecule has 1 aliphatic heterocycles. The Balaban J connectivity index is 1.75. The average molecular weight is 282 g/mol. The molecule has 2 fully saturated rings. The lowest BCUT2D eigenvalue weighted by atomic mass is 9.88. The van der Waals surface area contributed by atoms with Gasteiger partial charge in [-0.3, -0.25) is 0 Å². The Morgan fingerprint density at radius 3 is 2.65 bits per heavy atom. The number of ether oxygens (including phenoxy) is 1. The molecule has 1 saturated carbocycles. The molecule has 0 aromatic heterocycles. The van der Waals surface area contributed by atoms with E-state index in [1.807, 2.05) is 0 Å². The lowest BCUT2D eigenvalue weighted by Crippen LogP contribution is -2.46. The maximum absolute atomic E-state index is 5.59. The normalized spacial score (nSPS) is 26.2. The number of hydrogen-bond donors (Lipinski definition) is 1. The molecule has 0 radical (unpaired) electrons. The highest BCUT2D eigenvalue weighted by Crippen LogP contribution is 2.24. The lowest BCUT2D eigenvalue weighted by molar-refractivity contribution is 0.158. The van der Waals surface area contributed by atoms with E-state index < -0.39 is 0 Å². The molecule has 1 N–H and O–H groups in total. The Hall–Kier alpha value is -0.120. The van der Waals surface area contributed by atoms with Crippen LogP contribution in [0.4, 0.5) is 0 Å². The van der Waals surface area contributed by atoms with Crippen LogP contribution in [0.5, 0.6) is 0 Å². The number of nitrogens with zero attached hydrogens (tertiary/aromatic N) is 1. The van der Waals surface area contributed by atoms with E-state index in [1.165, 1.54) is 58.0 Å². The summed E-state index contributed by atoms with van der Waals surface area (Å²) in [7, 11) is 2.31. The summed E-state index contributed by atoms with van der Waals surface area (Å²) in [6.07, 6.45) is 9.71. The zero-order chi connectivity index (χ0) is 14.2. The summed E-state index contributed by atoms with van der Waals surface area (Å²) in [5.74, 6) is 1.66. The molecule has 0 amide bonds. The Bertz CT molecular complexity index is 247. The van der Waals surface area contributed by atoms with Crippen molar-refractivity contribution in [3.63, 3.8) is 0 Å². The molecule has 3 heteroatoms. The Morgan fingerprint density at radius 1 is 1.20 bits per heavy atom. The molecule has 0 spiro atoms. The molecule has 2 unspecified atom stereocenters. The van der Waals surface area contributed by atoms with Gasteiger partial charge < -0.3 is 15.0 Å². The van der Waals surface area contributed by atoms with Crippen molar-refractivity contribution in [1.82, 2.24) is 10.2 Å². The fourth-order valence-electron chi connectivity index (χ4n) is 3.80. The number of hydrogen-bond acceptors (Lipinski definition) is 3. The maximum atomic E-state index is 5.59. The van der Waals surface area contributed by atoms with Crippen LogP contribution >= 0.6 is 0 Å². The van der Waals surface area contributed by atoms with Crippen molar-refractivity contribution in [3.05, 3.63) is 0 Å². The highest BCUT2D eigenvalue weighted by Gasteiger charge is 2.27. The van der Waals surface area contributed by atoms with Gasteiger partial charge in [-0.15, -0.1) is 0 Å². The minimum atomic E-state index is 0.617. The Morgan fingerprint density at radius 2 is 2.00 bits per heavy atom. The molecule has 3 nitrogen and oxygen atoms in total. The van der Waals surface area contributed by atoms with E-state index >= 15 is 0 Å². The minimum Gasteiger partial charge on any atom is -0.381 e. The van der Waals surface area contributed by atoms with E-state index in [1.54, 1.807) is 0 Å². The highest BCUT2D eigenvalue weighted by molar-refractivity contribution is 4.82. The van der Waals surface area contributed by atoms with E-state index in [-0.39, 0.29) is 0 Å². The van der Waals surface area contributed by atoms with E-state index in [9.17, 15) is 0 Å². The van der Waals surface area contributed by atoms with Crippen LogP contribution in [0.1, 0.15) is 51.9 Å². The fraction of sp³-hybridized carbons (Fsp3) is 1.00. The first-order valence-electron chi connectivity index (χ1n) is 8.79. The van der Waals surface area contributed by atoms with E-state index in [0.717, 1.165) is 31.6 Å². The molecule has 2 rings (SSSR count). The van der Waals surface area contributed by atoms with Gasteiger partial charge in [-0.1, -0.05) is 26.2 Å². The van der Waals surface area contributed by atoms with Gasteiger partial charge >= 0.3 is 0 Å². The van der Waals surface area contributed by atoms with Gasteiger partial charge in [0, 0.05) is 31.7 Å². The molecule has 2 atom stereocenters. The van der Waals surface area contributed by atoms with E-state index in [4.69, 9.17) is 4.74 Å². The maximum Gasteiger partial charge on any atom is 0.0510 e. The van der Waals surface area contributed by atoms with Crippen molar-refractivity contribution in [2.45, 2.75) is 57.9 Å². The number of likely N-dealkylation sites (N-methyl/N-ethyl adjacent to an activating group) is 1. The smallest absolute Gasteiger partial charge is 0.0510 e. The van der Waals surface area contributed by atoms with Gasteiger partial charge in [0.25, 0.3) is 0 Å². The molecule has 1 saturated heterocycles. The van der Waals surface area contributed by atoms with Crippen LogP contribution in [-0.4, -0.2) is 50.8 Å². The fourth-order valence-corrected chi connectivity index (χ4v) is 3.80. The summed E-state index contributed by atoms with van der Waals surface area (Å²) >= 11 is 0. The van der Waals surface area contributed by atoms with Gasteiger partial charge in [0.05, 0.1) is 6.61 Å². The van der Waals surface area contributed by atoms with Crippen LogP contribution in [0.3, 0.4) is 0 Å². The first-order valence-corrected chi connectivity index (χ1v) is 8.79. The van der Waals surface area contributed by atoms with Crippen LogP contribution in [0.2, 0.25) is 0 Å². The first-order chi connectivity index (χ1) is 9.79.